The van der Waals surface area contributed by atoms with Gasteiger partial charge in [0, 0.05) is 31.1 Å². The number of halogens is 1. The molecule has 0 saturated carbocycles. The first-order valence-electron chi connectivity index (χ1n) is 12.3. The highest BCUT2D eigenvalue weighted by Gasteiger charge is 2.29. The quantitative estimate of drug-likeness (QED) is 0.400. The van der Waals surface area contributed by atoms with Gasteiger partial charge < -0.3 is 10.2 Å². The molecule has 1 atom stereocenters. The van der Waals surface area contributed by atoms with Crippen molar-refractivity contribution in [3.05, 3.63) is 64.7 Å². The van der Waals surface area contributed by atoms with E-state index in [1.165, 1.54) is 4.31 Å². The minimum absolute atomic E-state index is 0.111. The van der Waals surface area contributed by atoms with Gasteiger partial charge in [0.15, 0.2) is 0 Å². The van der Waals surface area contributed by atoms with Gasteiger partial charge in [0.25, 0.3) is 0 Å². The number of carbonyl (C=O) groups excluding carboxylic acids is 2. The van der Waals surface area contributed by atoms with E-state index < -0.39 is 16.1 Å². The van der Waals surface area contributed by atoms with Crippen LogP contribution in [0.15, 0.2) is 48.5 Å². The summed E-state index contributed by atoms with van der Waals surface area (Å²) < 4.78 is 26.2. The largest absolute Gasteiger partial charge is 0.354 e. The molecule has 0 aliphatic rings. The molecule has 0 spiro atoms. The topological polar surface area (TPSA) is 86.8 Å². The first-order valence-corrected chi connectivity index (χ1v) is 14.5. The van der Waals surface area contributed by atoms with E-state index in [-0.39, 0.29) is 37.2 Å². The standard InChI is InChI=1S/C27H38ClN3O4S/c1-6-25(27(33)29-18-20(2)3)30(19-22-11-13-23(28)14-12-22)26(32)8-7-17-31(36(5,34)35)24-15-9-21(4)10-16-24/h9-16,20,25H,6-8,17-19H2,1-5H3,(H,29,33)/t25-/m0/s1. The van der Waals surface area contributed by atoms with E-state index in [1.807, 2.05) is 52.0 Å². The zero-order chi connectivity index (χ0) is 26.9. The Bertz CT molecular complexity index is 1100. The average molecular weight is 536 g/mol. The number of benzene rings is 2. The lowest BCUT2D eigenvalue weighted by atomic mass is 10.1. The molecule has 2 aromatic rings. The Hall–Kier alpha value is -2.58. The van der Waals surface area contributed by atoms with Crippen molar-refractivity contribution in [3.63, 3.8) is 0 Å². The second kappa shape index (κ2) is 13.7. The summed E-state index contributed by atoms with van der Waals surface area (Å²) in [4.78, 5) is 28.0. The molecule has 36 heavy (non-hydrogen) atoms. The lowest BCUT2D eigenvalue weighted by molar-refractivity contribution is -0.141. The van der Waals surface area contributed by atoms with Crippen LogP contribution in [0.2, 0.25) is 5.02 Å². The van der Waals surface area contributed by atoms with Crippen LogP contribution in [0.5, 0.6) is 0 Å². The minimum atomic E-state index is -3.52. The van der Waals surface area contributed by atoms with Crippen molar-refractivity contribution in [1.82, 2.24) is 10.2 Å². The van der Waals surface area contributed by atoms with Gasteiger partial charge in [-0.25, -0.2) is 8.42 Å². The summed E-state index contributed by atoms with van der Waals surface area (Å²) in [5, 5.41) is 3.54. The third kappa shape index (κ3) is 9.13. The molecule has 0 radical (unpaired) electrons. The number of hydrogen-bond donors (Lipinski definition) is 1. The van der Waals surface area contributed by atoms with Crippen LogP contribution in [0.1, 0.15) is 51.2 Å². The predicted octanol–water partition coefficient (Wildman–Crippen LogP) is 4.77. The van der Waals surface area contributed by atoms with E-state index in [9.17, 15) is 18.0 Å². The van der Waals surface area contributed by atoms with Crippen molar-refractivity contribution in [3.8, 4) is 0 Å². The van der Waals surface area contributed by atoms with Gasteiger partial charge in [-0.15, -0.1) is 0 Å². The fourth-order valence-corrected chi connectivity index (χ4v) is 4.93. The Morgan fingerprint density at radius 2 is 1.64 bits per heavy atom. The Balaban J connectivity index is 2.19. The SMILES string of the molecule is CC[C@@H](C(=O)NCC(C)C)N(Cc1ccc(Cl)cc1)C(=O)CCCN(c1ccc(C)cc1)S(C)(=O)=O. The van der Waals surface area contributed by atoms with Gasteiger partial charge in [-0.2, -0.15) is 0 Å². The molecule has 198 valence electrons. The van der Waals surface area contributed by atoms with Crippen molar-refractivity contribution in [2.75, 3.05) is 23.7 Å². The smallest absolute Gasteiger partial charge is 0.242 e. The van der Waals surface area contributed by atoms with Crippen LogP contribution in [0.3, 0.4) is 0 Å². The van der Waals surface area contributed by atoms with Crippen LogP contribution in [0.4, 0.5) is 5.69 Å². The summed E-state index contributed by atoms with van der Waals surface area (Å²) in [5.41, 5.74) is 2.45. The molecule has 2 rings (SSSR count). The molecule has 1 N–H and O–H groups in total. The molecule has 0 fully saturated rings. The van der Waals surface area contributed by atoms with Gasteiger partial charge in [-0.3, -0.25) is 13.9 Å². The van der Waals surface area contributed by atoms with Gasteiger partial charge in [0.1, 0.15) is 6.04 Å². The molecule has 9 heteroatoms. The molecule has 2 aromatic carbocycles. The molecule has 0 aliphatic carbocycles. The van der Waals surface area contributed by atoms with Gasteiger partial charge in [0.05, 0.1) is 11.9 Å². The number of nitrogens with zero attached hydrogens (tertiary/aromatic N) is 2. The number of rotatable bonds is 13. The second-order valence-corrected chi connectivity index (χ2v) is 11.8. The third-order valence-corrected chi connectivity index (χ3v) is 7.26. The van der Waals surface area contributed by atoms with Crippen molar-refractivity contribution in [2.24, 2.45) is 5.92 Å². The number of hydrogen-bond acceptors (Lipinski definition) is 4. The predicted molar refractivity (Wildman–Crippen MR) is 147 cm³/mol. The van der Waals surface area contributed by atoms with Crippen molar-refractivity contribution >= 4 is 39.1 Å². The van der Waals surface area contributed by atoms with Crippen LogP contribution in [-0.4, -0.2) is 50.5 Å². The van der Waals surface area contributed by atoms with Crippen molar-refractivity contribution < 1.29 is 18.0 Å². The van der Waals surface area contributed by atoms with Crippen LogP contribution in [0, 0.1) is 12.8 Å². The number of sulfonamides is 1. The van der Waals surface area contributed by atoms with Crippen LogP contribution >= 0.6 is 11.6 Å². The van der Waals surface area contributed by atoms with E-state index in [4.69, 9.17) is 11.6 Å². The fraction of sp³-hybridized carbons (Fsp3) is 0.481. The number of amides is 2. The van der Waals surface area contributed by atoms with E-state index in [2.05, 4.69) is 5.32 Å². The highest BCUT2D eigenvalue weighted by Crippen LogP contribution is 2.20. The van der Waals surface area contributed by atoms with Crippen LogP contribution < -0.4 is 9.62 Å². The number of anilines is 1. The maximum atomic E-state index is 13.4. The monoisotopic (exact) mass is 535 g/mol. The van der Waals surface area contributed by atoms with Crippen LogP contribution in [-0.2, 0) is 26.2 Å². The molecule has 0 unspecified atom stereocenters. The summed E-state index contributed by atoms with van der Waals surface area (Å²) in [6.07, 6.45) is 2.05. The molecule has 0 aliphatic heterocycles. The number of aryl methyl sites for hydroxylation is 1. The van der Waals surface area contributed by atoms with Crippen molar-refractivity contribution in [1.29, 1.82) is 0 Å². The van der Waals surface area contributed by atoms with Crippen LogP contribution in [0.25, 0.3) is 0 Å². The molecular weight excluding hydrogens is 498 g/mol. The minimum Gasteiger partial charge on any atom is -0.354 e. The second-order valence-electron chi connectivity index (χ2n) is 9.49. The lowest BCUT2D eigenvalue weighted by Gasteiger charge is -2.31. The highest BCUT2D eigenvalue weighted by molar-refractivity contribution is 7.92. The number of nitrogens with one attached hydrogen (secondary N) is 1. The van der Waals surface area contributed by atoms with E-state index in [0.29, 0.717) is 30.1 Å². The van der Waals surface area contributed by atoms with E-state index >= 15 is 0 Å². The summed E-state index contributed by atoms with van der Waals surface area (Å²) >= 11 is 6.02. The third-order valence-electron chi connectivity index (χ3n) is 5.81. The van der Waals surface area contributed by atoms with Crippen molar-refractivity contribution in [2.45, 2.75) is 59.5 Å². The summed E-state index contributed by atoms with van der Waals surface area (Å²) in [5.74, 6) is -0.101. The summed E-state index contributed by atoms with van der Waals surface area (Å²) in [7, 11) is -3.52. The Labute approximate surface area is 220 Å². The maximum Gasteiger partial charge on any atom is 0.242 e. The zero-order valence-electron chi connectivity index (χ0n) is 21.8. The molecular formula is C27H38ClN3O4S. The summed E-state index contributed by atoms with van der Waals surface area (Å²) in [6, 6.07) is 13.8. The molecule has 7 nitrogen and oxygen atoms in total. The molecule has 0 saturated heterocycles. The van der Waals surface area contributed by atoms with Gasteiger partial charge in [-0.05, 0) is 55.5 Å². The Morgan fingerprint density at radius 3 is 2.17 bits per heavy atom. The molecule has 2 amide bonds. The molecule has 0 bridgehead atoms. The summed E-state index contributed by atoms with van der Waals surface area (Å²) in [6.45, 7) is 8.79. The first-order chi connectivity index (χ1) is 16.9. The Morgan fingerprint density at radius 1 is 1.03 bits per heavy atom. The average Bonchev–Trinajstić information content (AvgIpc) is 2.81. The zero-order valence-corrected chi connectivity index (χ0v) is 23.4. The maximum absolute atomic E-state index is 13.4. The number of carbonyl (C=O) groups is 2. The lowest BCUT2D eigenvalue weighted by Crippen LogP contribution is -2.49. The van der Waals surface area contributed by atoms with Gasteiger partial charge >= 0.3 is 0 Å². The first kappa shape index (κ1) is 29.6. The van der Waals surface area contributed by atoms with E-state index in [0.717, 1.165) is 17.4 Å². The van der Waals surface area contributed by atoms with E-state index in [1.54, 1.807) is 29.2 Å². The van der Waals surface area contributed by atoms with Gasteiger partial charge in [-0.1, -0.05) is 62.2 Å². The molecule has 0 heterocycles. The molecule has 0 aromatic heterocycles. The normalized spacial score (nSPS) is 12.3. The van der Waals surface area contributed by atoms with Gasteiger partial charge in [0.2, 0.25) is 21.8 Å². The Kier molecular flexibility index (Phi) is 11.2. The fourth-order valence-electron chi connectivity index (χ4n) is 3.84. The highest BCUT2D eigenvalue weighted by atomic mass is 35.5.